The number of fused-ring (bicyclic) bond motifs is 10. The summed E-state index contributed by atoms with van der Waals surface area (Å²) in [6, 6.07) is 12.7. The summed E-state index contributed by atoms with van der Waals surface area (Å²) in [7, 11) is 0. The van der Waals surface area contributed by atoms with Gasteiger partial charge in [-0.25, -0.2) is 20.0 Å². The monoisotopic (exact) mass is 565 g/mol. The van der Waals surface area contributed by atoms with Crippen LogP contribution in [-0.2, 0) is 0 Å². The molecule has 41 heavy (non-hydrogen) atoms. The molecule has 0 saturated heterocycles. The van der Waals surface area contributed by atoms with Crippen molar-refractivity contribution >= 4 is 79.8 Å². The second-order valence-electron chi connectivity index (χ2n) is 9.40. The van der Waals surface area contributed by atoms with Gasteiger partial charge in [0.2, 0.25) is 0 Å². The molecule has 0 aliphatic carbocycles. The summed E-state index contributed by atoms with van der Waals surface area (Å²) in [6.07, 6.45) is -1.04. The minimum Gasteiger partial charge on any atom is -0.319 e. The van der Waals surface area contributed by atoms with Crippen LogP contribution in [0.2, 0.25) is 0 Å². The largest absolute Gasteiger partial charge is 0.499 e. The molecule has 2 aromatic heterocycles. The highest BCUT2D eigenvalue weighted by atomic mass is 35.5. The first kappa shape index (κ1) is 23.2. The van der Waals surface area contributed by atoms with Crippen molar-refractivity contribution in [1.29, 1.82) is 0 Å². The van der Waals surface area contributed by atoms with E-state index in [1.165, 1.54) is 42.5 Å². The number of halogens is 1. The van der Waals surface area contributed by atoms with E-state index in [0.29, 0.717) is 38.2 Å². The average Bonchev–Trinajstić information content (AvgIpc) is 3.57. The number of nitro benzene ring substituents is 3. The van der Waals surface area contributed by atoms with Crippen LogP contribution in [0.5, 0.6) is 0 Å². The standard InChI is InChI=1S/C24H9BClN9O6/c26-25-31-21-14-5-2-12(35(40)41)9-18(14)24(31)30-22-15-6-3-11(34(38)39)8-17(15)23(32(22)25)28-19-13-4-1-10(33(36)37)7-16(13)20(27-19)29-21/h1-9H. The van der Waals surface area contributed by atoms with E-state index in [1.54, 1.807) is 21.1 Å². The molecule has 3 aromatic carbocycles. The van der Waals surface area contributed by atoms with E-state index in [9.17, 15) is 30.3 Å². The van der Waals surface area contributed by atoms with Crippen LogP contribution in [0.4, 0.5) is 28.7 Å². The molecule has 0 fully saturated rings. The van der Waals surface area contributed by atoms with E-state index in [0.717, 1.165) is 0 Å². The zero-order valence-corrected chi connectivity index (χ0v) is 20.9. The normalized spacial score (nSPS) is 14.2. The summed E-state index contributed by atoms with van der Waals surface area (Å²) in [4.78, 5) is 52.2. The molecule has 15 nitrogen and oxygen atoms in total. The van der Waals surface area contributed by atoms with Crippen molar-refractivity contribution in [2.24, 2.45) is 20.0 Å². The predicted molar refractivity (Wildman–Crippen MR) is 147 cm³/mol. The van der Waals surface area contributed by atoms with Gasteiger partial charge < -0.3 is 8.96 Å². The predicted octanol–water partition coefficient (Wildman–Crippen LogP) is 3.68. The molecule has 0 saturated carbocycles. The van der Waals surface area contributed by atoms with E-state index >= 15 is 0 Å². The molecule has 196 valence electrons. The maximum absolute atomic E-state index is 11.6. The summed E-state index contributed by atoms with van der Waals surface area (Å²) in [5.41, 5.74) is 0.850. The molecule has 3 aliphatic heterocycles. The maximum Gasteiger partial charge on any atom is 0.499 e. The Morgan fingerprint density at radius 3 is 1.85 bits per heavy atom. The number of nitro groups is 3. The number of aliphatic imine (C=N–C) groups is 2. The summed E-state index contributed by atoms with van der Waals surface area (Å²) in [5, 5.41) is 36.6. The smallest absolute Gasteiger partial charge is 0.319 e. The van der Waals surface area contributed by atoms with Crippen LogP contribution in [-0.4, -0.2) is 41.8 Å². The molecule has 0 amide bonds. The third-order valence-electron chi connectivity index (χ3n) is 7.27. The van der Waals surface area contributed by atoms with Crippen LogP contribution in [0.25, 0.3) is 21.5 Å². The molecule has 4 bridgehead atoms. The van der Waals surface area contributed by atoms with Gasteiger partial charge >= 0.3 is 6.40 Å². The molecule has 3 aliphatic rings. The van der Waals surface area contributed by atoms with Gasteiger partial charge in [0.05, 0.1) is 14.8 Å². The van der Waals surface area contributed by atoms with Crippen molar-refractivity contribution in [2.75, 3.05) is 0 Å². The number of aromatic nitrogens is 2. The second kappa shape index (κ2) is 7.67. The SMILES string of the molecule is O=[N+]([O-])c1ccc2c(c1)C1=Nc3c4ccc([N+](=O)[O-])cc4c4n3B(Cl)n3c(c5cc([N+](=O)[O-])ccc5c3=N4)=NC2=N1. The molecule has 8 rings (SSSR count). The number of hydrogen-bond donors (Lipinski definition) is 0. The van der Waals surface area contributed by atoms with Crippen LogP contribution >= 0.6 is 11.5 Å². The fourth-order valence-corrected chi connectivity index (χ4v) is 5.83. The molecule has 5 heterocycles. The van der Waals surface area contributed by atoms with Crippen LogP contribution in [0.15, 0.2) is 74.6 Å². The second-order valence-corrected chi connectivity index (χ2v) is 9.79. The Hall–Kier alpha value is -5.77. The van der Waals surface area contributed by atoms with Gasteiger partial charge in [0, 0.05) is 69.1 Å². The number of nitrogens with zero attached hydrogens (tertiary/aromatic N) is 9. The van der Waals surface area contributed by atoms with Crippen molar-refractivity contribution in [3.05, 3.63) is 107 Å². The zero-order chi connectivity index (χ0) is 28.3. The molecular weight excluding hydrogens is 557 g/mol. The Balaban J connectivity index is 1.60. The highest BCUT2D eigenvalue weighted by Crippen LogP contribution is 2.42. The van der Waals surface area contributed by atoms with E-state index < -0.39 is 21.2 Å². The van der Waals surface area contributed by atoms with Crippen LogP contribution in [0.1, 0.15) is 11.1 Å². The van der Waals surface area contributed by atoms with Gasteiger partial charge in [-0.3, -0.25) is 30.3 Å². The maximum atomic E-state index is 11.6. The fraction of sp³-hybridized carbons (Fsp3) is 0. The highest BCUT2D eigenvalue weighted by Gasteiger charge is 2.36. The lowest BCUT2D eigenvalue weighted by molar-refractivity contribution is -0.385. The van der Waals surface area contributed by atoms with E-state index in [2.05, 4.69) is 4.99 Å². The van der Waals surface area contributed by atoms with Gasteiger partial charge in [0.1, 0.15) is 22.6 Å². The molecule has 5 aromatic rings. The quantitative estimate of drug-likeness (QED) is 0.182. The fourth-order valence-electron chi connectivity index (χ4n) is 5.46. The number of non-ortho nitro benzene ring substituents is 3. The van der Waals surface area contributed by atoms with Crippen molar-refractivity contribution in [3.63, 3.8) is 0 Å². The van der Waals surface area contributed by atoms with Crippen LogP contribution in [0, 0.1) is 30.3 Å². The van der Waals surface area contributed by atoms with E-state index in [-0.39, 0.29) is 45.9 Å². The summed E-state index contributed by atoms with van der Waals surface area (Å²) in [6.45, 7) is 0. The van der Waals surface area contributed by atoms with Crippen molar-refractivity contribution < 1.29 is 14.8 Å². The molecular formula is C24H9BClN9O6. The molecule has 0 radical (unpaired) electrons. The number of benzene rings is 3. The Bertz CT molecular complexity index is 2340. The first-order chi connectivity index (χ1) is 19.7. The zero-order valence-electron chi connectivity index (χ0n) is 20.1. The molecule has 0 atom stereocenters. The van der Waals surface area contributed by atoms with Crippen LogP contribution < -0.4 is 11.0 Å². The first-order valence-electron chi connectivity index (χ1n) is 11.9. The minimum atomic E-state index is -1.04. The Kier molecular flexibility index (Phi) is 4.33. The van der Waals surface area contributed by atoms with Gasteiger partial charge in [-0.05, 0) is 18.2 Å². The third kappa shape index (κ3) is 2.98. The molecule has 0 N–H and O–H groups in total. The van der Waals surface area contributed by atoms with Crippen molar-refractivity contribution in [3.8, 4) is 0 Å². The lowest BCUT2D eigenvalue weighted by atomic mass is 10.1. The lowest BCUT2D eigenvalue weighted by Gasteiger charge is -2.18. The van der Waals surface area contributed by atoms with Crippen LogP contribution in [0.3, 0.4) is 0 Å². The number of rotatable bonds is 3. The first-order valence-corrected chi connectivity index (χ1v) is 12.3. The average molecular weight is 566 g/mol. The van der Waals surface area contributed by atoms with Gasteiger partial charge in [-0.1, -0.05) is 0 Å². The Morgan fingerprint density at radius 1 is 0.585 bits per heavy atom. The molecule has 17 heteroatoms. The summed E-state index contributed by atoms with van der Waals surface area (Å²) >= 11 is 7.11. The number of hydrogen-bond acceptors (Lipinski definition) is 10. The number of amidine groups is 2. The van der Waals surface area contributed by atoms with Gasteiger partial charge in [0.15, 0.2) is 11.7 Å². The van der Waals surface area contributed by atoms with Gasteiger partial charge in [0.25, 0.3) is 17.1 Å². The van der Waals surface area contributed by atoms with E-state index in [4.69, 9.17) is 26.4 Å². The highest BCUT2D eigenvalue weighted by molar-refractivity contribution is 7.05. The van der Waals surface area contributed by atoms with Gasteiger partial charge in [-0.2, -0.15) is 0 Å². The summed E-state index contributed by atoms with van der Waals surface area (Å²) in [5.74, 6) is 0.847. The van der Waals surface area contributed by atoms with Gasteiger partial charge in [-0.15, -0.1) is 11.5 Å². The van der Waals surface area contributed by atoms with Crippen molar-refractivity contribution in [1.82, 2.24) is 8.96 Å². The minimum absolute atomic E-state index is 0.118. The Labute approximate surface area is 230 Å². The Morgan fingerprint density at radius 2 is 1.15 bits per heavy atom. The van der Waals surface area contributed by atoms with E-state index in [1.807, 2.05) is 0 Å². The van der Waals surface area contributed by atoms with Crippen molar-refractivity contribution in [2.45, 2.75) is 0 Å². The third-order valence-corrected chi connectivity index (χ3v) is 7.66. The summed E-state index contributed by atoms with van der Waals surface area (Å²) < 4.78 is 3.16. The lowest BCUT2D eigenvalue weighted by Crippen LogP contribution is -2.44. The molecule has 0 unspecified atom stereocenters. The topological polar surface area (TPSA) is 189 Å². The molecule has 0 spiro atoms.